The highest BCUT2D eigenvalue weighted by Crippen LogP contribution is 2.32. The van der Waals surface area contributed by atoms with Crippen LogP contribution >= 0.6 is 0 Å². The van der Waals surface area contributed by atoms with E-state index in [-0.39, 0.29) is 17.7 Å². The van der Waals surface area contributed by atoms with Crippen LogP contribution in [0.15, 0.2) is 77.8 Å². The minimum Gasteiger partial charge on any atom is -0.487 e. The van der Waals surface area contributed by atoms with Gasteiger partial charge in [0.25, 0.3) is 10.0 Å². The molecule has 0 fully saturated rings. The van der Waals surface area contributed by atoms with E-state index in [9.17, 15) is 43.5 Å². The van der Waals surface area contributed by atoms with Gasteiger partial charge in [0.05, 0.1) is 22.5 Å². The van der Waals surface area contributed by atoms with E-state index in [2.05, 4.69) is 0 Å². The predicted molar refractivity (Wildman–Crippen MR) is 133 cm³/mol. The molecule has 5 nitrogen and oxygen atoms in total. The van der Waals surface area contributed by atoms with Crippen LogP contribution in [-0.4, -0.2) is 37.9 Å². The molecule has 0 saturated carbocycles. The lowest BCUT2D eigenvalue weighted by atomic mass is 10.1. The van der Waals surface area contributed by atoms with Crippen molar-refractivity contribution >= 4 is 20.9 Å². The number of benzene rings is 3. The summed E-state index contributed by atoms with van der Waals surface area (Å²) in [6, 6.07) is 12.7. The van der Waals surface area contributed by atoms with Gasteiger partial charge in [-0.1, -0.05) is 18.2 Å². The van der Waals surface area contributed by atoms with E-state index >= 15 is 0 Å². The minimum absolute atomic E-state index is 0.0129. The number of quaternary nitrogens is 1. The van der Waals surface area contributed by atoms with Gasteiger partial charge in [0.2, 0.25) is 0 Å². The van der Waals surface area contributed by atoms with E-state index in [0.717, 1.165) is 34.3 Å². The summed E-state index contributed by atoms with van der Waals surface area (Å²) in [5.41, 5.74) is -0.0475. The Hall–Kier alpha value is -3.65. The van der Waals surface area contributed by atoms with Crippen molar-refractivity contribution in [2.45, 2.75) is 36.4 Å². The summed E-state index contributed by atoms with van der Waals surface area (Å²) < 4.78 is 137. The van der Waals surface area contributed by atoms with E-state index in [4.69, 9.17) is 4.74 Å². The van der Waals surface area contributed by atoms with Crippen LogP contribution in [0, 0.1) is 5.82 Å². The second-order valence-electron chi connectivity index (χ2n) is 9.17. The quantitative estimate of drug-likeness (QED) is 0.178. The average molecular weight is 608 g/mol. The van der Waals surface area contributed by atoms with E-state index in [1.54, 1.807) is 11.4 Å². The highest BCUT2D eigenvalue weighted by atomic mass is 32.2. The van der Waals surface area contributed by atoms with Crippen LogP contribution in [0.2, 0.25) is 0 Å². The SMILES string of the molecule is O=S(=O)(c1cccc(C(F)(F)F)c1)n1cc(CC[NH2+]Cc2cccc(OCC(F)(F)C(F)F)c2)c2ccc(F)cc21. The smallest absolute Gasteiger partial charge is 0.416 e. The van der Waals surface area contributed by atoms with Gasteiger partial charge in [-0.3, -0.25) is 0 Å². The number of hydrogen-bond acceptors (Lipinski definition) is 3. The fourth-order valence-corrected chi connectivity index (χ4v) is 5.54. The number of alkyl halides is 7. The first kappa shape index (κ1) is 30.3. The molecule has 41 heavy (non-hydrogen) atoms. The maximum absolute atomic E-state index is 14.1. The molecule has 0 unspecified atom stereocenters. The summed E-state index contributed by atoms with van der Waals surface area (Å²) in [5, 5.41) is 2.20. The predicted octanol–water partition coefficient (Wildman–Crippen LogP) is 5.62. The van der Waals surface area contributed by atoms with Gasteiger partial charge in [0, 0.05) is 23.6 Å². The lowest BCUT2D eigenvalue weighted by Crippen LogP contribution is -2.83. The maximum atomic E-state index is 14.1. The molecule has 1 aromatic heterocycles. The molecule has 0 bridgehead atoms. The molecule has 14 heteroatoms. The van der Waals surface area contributed by atoms with Gasteiger partial charge in [0.15, 0.2) is 6.61 Å². The molecule has 3 aromatic carbocycles. The van der Waals surface area contributed by atoms with Crippen LogP contribution in [0.4, 0.5) is 35.1 Å². The fraction of sp³-hybridized carbons (Fsp3) is 0.259. The molecular weight excluding hydrogens is 584 g/mol. The Bertz CT molecular complexity index is 1640. The third-order valence-corrected chi connectivity index (χ3v) is 7.85. The van der Waals surface area contributed by atoms with Gasteiger partial charge in [-0.25, -0.2) is 25.6 Å². The van der Waals surface area contributed by atoms with Crippen LogP contribution in [-0.2, 0) is 29.2 Å². The molecule has 0 aliphatic heterocycles. The topological polar surface area (TPSA) is 64.9 Å². The van der Waals surface area contributed by atoms with E-state index in [1.807, 2.05) is 0 Å². The number of halogens is 8. The third kappa shape index (κ3) is 6.99. The summed E-state index contributed by atoms with van der Waals surface area (Å²) in [6.45, 7) is -0.765. The molecule has 0 atom stereocenters. The lowest BCUT2D eigenvalue weighted by Gasteiger charge is -2.16. The molecule has 220 valence electrons. The lowest BCUT2D eigenvalue weighted by molar-refractivity contribution is -0.670. The standard InChI is InChI=1S/C27H22F8N2O3S/c28-20-7-8-23-18(9-10-36-14-17-3-1-5-21(11-17)40-16-26(31,32)25(29)30)15-37(24(23)13-20)41(38,39)22-6-2-4-19(12-22)27(33,34)35/h1-8,11-13,15,25,36H,9-10,14,16H2/p+1. The zero-order valence-electron chi connectivity index (χ0n) is 21.0. The summed E-state index contributed by atoms with van der Waals surface area (Å²) in [7, 11) is -4.52. The van der Waals surface area contributed by atoms with Crippen molar-refractivity contribution in [1.82, 2.24) is 3.97 Å². The Morgan fingerprint density at radius 1 is 0.927 bits per heavy atom. The zero-order valence-corrected chi connectivity index (χ0v) is 21.8. The Labute approximate surface area is 229 Å². The largest absolute Gasteiger partial charge is 0.487 e. The van der Waals surface area contributed by atoms with E-state index < -0.39 is 51.4 Å². The fourth-order valence-electron chi connectivity index (χ4n) is 4.11. The average Bonchev–Trinajstić information content (AvgIpc) is 3.28. The number of aromatic nitrogens is 1. The maximum Gasteiger partial charge on any atom is 0.416 e. The summed E-state index contributed by atoms with van der Waals surface area (Å²) >= 11 is 0. The van der Waals surface area contributed by atoms with E-state index in [0.29, 0.717) is 35.7 Å². The number of rotatable bonds is 11. The first-order chi connectivity index (χ1) is 19.2. The van der Waals surface area contributed by atoms with Gasteiger partial charge >= 0.3 is 18.5 Å². The molecule has 4 aromatic rings. The van der Waals surface area contributed by atoms with Gasteiger partial charge in [0.1, 0.15) is 18.1 Å². The number of hydrogen-bond donors (Lipinski definition) is 1. The van der Waals surface area contributed by atoms with Gasteiger partial charge < -0.3 is 10.1 Å². The van der Waals surface area contributed by atoms with Crippen LogP contribution in [0.3, 0.4) is 0 Å². The van der Waals surface area contributed by atoms with Crippen molar-refractivity contribution in [3.8, 4) is 5.75 Å². The monoisotopic (exact) mass is 607 g/mol. The van der Waals surface area contributed by atoms with Gasteiger partial charge in [-0.2, -0.15) is 22.0 Å². The molecular formula is C27H23F8N2O3S+. The molecule has 2 N–H and O–H groups in total. The van der Waals surface area contributed by atoms with Crippen molar-refractivity contribution in [3.63, 3.8) is 0 Å². The van der Waals surface area contributed by atoms with Gasteiger partial charge in [-0.15, -0.1) is 0 Å². The van der Waals surface area contributed by atoms with Crippen molar-refractivity contribution in [2.75, 3.05) is 13.2 Å². The number of ether oxygens (including phenoxy) is 1. The summed E-state index contributed by atoms with van der Waals surface area (Å²) in [5.74, 6) is -5.04. The molecule has 0 spiro atoms. The van der Waals surface area contributed by atoms with Crippen molar-refractivity contribution in [1.29, 1.82) is 0 Å². The van der Waals surface area contributed by atoms with Crippen LogP contribution in [0.5, 0.6) is 5.75 Å². The highest BCUT2D eigenvalue weighted by molar-refractivity contribution is 7.90. The Balaban J connectivity index is 1.49. The molecule has 0 aliphatic carbocycles. The number of nitrogens with two attached hydrogens (primary N) is 1. The first-order valence-electron chi connectivity index (χ1n) is 12.1. The summed E-state index contributed by atoms with van der Waals surface area (Å²) in [4.78, 5) is -0.611. The zero-order chi connectivity index (χ0) is 30.0. The van der Waals surface area contributed by atoms with Crippen LogP contribution in [0.1, 0.15) is 16.7 Å². The first-order valence-corrected chi connectivity index (χ1v) is 13.5. The van der Waals surface area contributed by atoms with Crippen LogP contribution < -0.4 is 10.1 Å². The second kappa shape index (κ2) is 11.7. The third-order valence-electron chi connectivity index (χ3n) is 6.18. The van der Waals surface area contributed by atoms with Crippen molar-refractivity contribution in [2.24, 2.45) is 0 Å². The van der Waals surface area contributed by atoms with Crippen LogP contribution in [0.25, 0.3) is 10.9 Å². The Morgan fingerprint density at radius 3 is 2.37 bits per heavy atom. The molecule has 0 aliphatic rings. The molecule has 1 heterocycles. The molecule has 0 amide bonds. The Morgan fingerprint density at radius 2 is 1.66 bits per heavy atom. The molecule has 0 saturated heterocycles. The molecule has 4 rings (SSSR count). The number of nitrogens with zero attached hydrogens (tertiary/aromatic N) is 1. The second-order valence-corrected chi connectivity index (χ2v) is 11.0. The van der Waals surface area contributed by atoms with Crippen molar-refractivity contribution < 1.29 is 53.6 Å². The van der Waals surface area contributed by atoms with Crippen molar-refractivity contribution in [3.05, 3.63) is 95.4 Å². The van der Waals surface area contributed by atoms with Gasteiger partial charge in [-0.05, 0) is 54.1 Å². The van der Waals surface area contributed by atoms with E-state index in [1.165, 1.54) is 30.5 Å². The number of fused-ring (bicyclic) bond motifs is 1. The minimum atomic E-state index is -4.76. The summed E-state index contributed by atoms with van der Waals surface area (Å²) in [6.07, 6.45) is -7.10. The molecule has 0 radical (unpaired) electrons. The highest BCUT2D eigenvalue weighted by Gasteiger charge is 2.41. The Kier molecular flexibility index (Phi) is 8.64. The normalized spacial score (nSPS) is 12.8.